The lowest BCUT2D eigenvalue weighted by atomic mass is 9.63. The normalized spacial score (nSPS) is 19.1. The van der Waals surface area contributed by atoms with Crippen LogP contribution in [0.3, 0.4) is 0 Å². The molecule has 1 spiro atoms. The van der Waals surface area contributed by atoms with Crippen molar-refractivity contribution >= 4 is 21.7 Å². The molecule has 0 aromatic rings. The van der Waals surface area contributed by atoms with Gasteiger partial charge in [-0.1, -0.05) is 78.1 Å². The Bertz CT molecular complexity index is 659. The average molecular weight is 572 g/mol. The Labute approximate surface area is 255 Å². The van der Waals surface area contributed by atoms with Gasteiger partial charge in [0.15, 0.2) is 0 Å². The van der Waals surface area contributed by atoms with E-state index in [1.165, 1.54) is 77.0 Å². The summed E-state index contributed by atoms with van der Waals surface area (Å²) in [6.07, 6.45) is 20.3. The molecular weight excluding hydrogens is 510 g/mol. The highest BCUT2D eigenvalue weighted by atomic mass is 16.5. The highest BCUT2D eigenvalue weighted by Crippen LogP contribution is 2.41. The minimum absolute atomic E-state index is 0.0145. The number of nitrogens with zero attached hydrogens (tertiary/aromatic N) is 2. The zero-order valence-electron chi connectivity index (χ0n) is 27.1. The molecule has 4 radical (unpaired) electrons. The highest BCUT2D eigenvalue weighted by Gasteiger charge is 2.39. The zero-order valence-corrected chi connectivity index (χ0v) is 27.1. The Hall–Kier alpha value is -0.560. The summed E-state index contributed by atoms with van der Waals surface area (Å²) in [6, 6.07) is 0.127. The quantitative estimate of drug-likeness (QED) is 0.100. The molecule has 0 aromatic carbocycles. The van der Waals surface area contributed by atoms with Gasteiger partial charge in [0.2, 0.25) is 0 Å². The number of likely N-dealkylation sites (tertiary alicyclic amines) is 2. The Morgan fingerprint density at radius 2 is 1.37 bits per heavy atom. The average Bonchev–Trinajstić information content (AvgIpc) is 2.95. The molecule has 1 unspecified atom stereocenters. The molecule has 6 nitrogen and oxygen atoms in total. The van der Waals surface area contributed by atoms with Gasteiger partial charge in [0, 0.05) is 7.11 Å². The van der Waals surface area contributed by atoms with Crippen molar-refractivity contribution in [1.29, 1.82) is 0 Å². The molecule has 2 heterocycles. The summed E-state index contributed by atoms with van der Waals surface area (Å²) >= 11 is 0. The molecule has 8 heteroatoms. The minimum Gasteiger partial charge on any atom is -0.464 e. The number of rotatable bonds is 22. The number of hydrogen-bond acceptors (Lipinski definition) is 6. The second-order valence-electron chi connectivity index (χ2n) is 13.3. The van der Waals surface area contributed by atoms with Crippen LogP contribution in [0.5, 0.6) is 0 Å². The van der Waals surface area contributed by atoms with Crippen LogP contribution < -0.4 is 0 Å². The fourth-order valence-electron chi connectivity index (χ4n) is 6.82. The van der Waals surface area contributed by atoms with E-state index in [4.69, 9.17) is 25.2 Å². The maximum atomic E-state index is 13.3. The Morgan fingerprint density at radius 3 is 1.88 bits per heavy atom. The van der Waals surface area contributed by atoms with Crippen molar-refractivity contribution in [2.45, 2.75) is 141 Å². The van der Waals surface area contributed by atoms with E-state index >= 15 is 0 Å². The van der Waals surface area contributed by atoms with Gasteiger partial charge in [-0.2, -0.15) is 0 Å². The number of piperidine rings is 2. The van der Waals surface area contributed by atoms with Crippen molar-refractivity contribution < 1.29 is 19.4 Å². The van der Waals surface area contributed by atoms with Crippen LogP contribution in [0.1, 0.15) is 129 Å². The standard InChI is InChI=1S/C33H62B2N2O4/c1-4-6-8-10-12-15-29(16-13-11-9-7-5-2)31(38)41-28-30(27-40-3)37-25-20-32(21-26-37)18-23-36(24-19-32)22-14-17-33(34,35)39/h29-30,39H,4-28H2,1-3H3. The number of unbranched alkanes of at least 4 members (excludes halogenated alkanes) is 8. The fourth-order valence-corrected chi connectivity index (χ4v) is 6.82. The topological polar surface area (TPSA) is 62.2 Å². The molecular formula is C33H62B2N2O4. The summed E-state index contributed by atoms with van der Waals surface area (Å²) in [6.45, 7) is 10.7. The molecule has 0 saturated carbocycles. The smallest absolute Gasteiger partial charge is 0.308 e. The predicted octanol–water partition coefficient (Wildman–Crippen LogP) is 5.82. The summed E-state index contributed by atoms with van der Waals surface area (Å²) < 4.78 is 11.6. The van der Waals surface area contributed by atoms with Gasteiger partial charge in [0.25, 0.3) is 0 Å². The Kier molecular flexibility index (Phi) is 18.2. The van der Waals surface area contributed by atoms with Crippen LogP contribution in [0.2, 0.25) is 0 Å². The van der Waals surface area contributed by atoms with Crippen LogP contribution in [0.15, 0.2) is 0 Å². The molecule has 2 aliphatic heterocycles. The minimum atomic E-state index is -1.56. The first-order chi connectivity index (χ1) is 19.7. The number of carbonyl (C=O) groups is 1. The van der Waals surface area contributed by atoms with Gasteiger partial charge in [-0.25, -0.2) is 0 Å². The van der Waals surface area contributed by atoms with E-state index in [9.17, 15) is 9.90 Å². The molecule has 0 amide bonds. The molecule has 0 bridgehead atoms. The first-order valence-electron chi connectivity index (χ1n) is 17.1. The van der Waals surface area contributed by atoms with Crippen LogP contribution in [-0.2, 0) is 14.3 Å². The van der Waals surface area contributed by atoms with Crippen molar-refractivity contribution in [3.63, 3.8) is 0 Å². The summed E-state index contributed by atoms with van der Waals surface area (Å²) in [5.74, 6) is 0.0559. The predicted molar refractivity (Wildman–Crippen MR) is 171 cm³/mol. The third-order valence-corrected chi connectivity index (χ3v) is 9.77. The monoisotopic (exact) mass is 572 g/mol. The van der Waals surface area contributed by atoms with E-state index in [0.29, 0.717) is 25.0 Å². The van der Waals surface area contributed by atoms with Crippen LogP contribution in [0.4, 0.5) is 0 Å². The lowest BCUT2D eigenvalue weighted by molar-refractivity contribution is -0.152. The first-order valence-corrected chi connectivity index (χ1v) is 17.1. The van der Waals surface area contributed by atoms with E-state index < -0.39 is 5.40 Å². The number of methoxy groups -OCH3 is 1. The van der Waals surface area contributed by atoms with Crippen molar-refractivity contribution in [2.24, 2.45) is 11.3 Å². The largest absolute Gasteiger partial charge is 0.464 e. The molecule has 1 atom stereocenters. The number of aliphatic hydroxyl groups is 1. The van der Waals surface area contributed by atoms with Gasteiger partial charge in [-0.15, -0.1) is 0 Å². The van der Waals surface area contributed by atoms with Gasteiger partial charge in [0.1, 0.15) is 6.61 Å². The van der Waals surface area contributed by atoms with Crippen LogP contribution in [0, 0.1) is 11.3 Å². The molecule has 2 saturated heterocycles. The van der Waals surface area contributed by atoms with Crippen molar-refractivity contribution in [3.05, 3.63) is 0 Å². The van der Waals surface area contributed by atoms with Crippen LogP contribution in [0.25, 0.3) is 0 Å². The zero-order chi connectivity index (χ0) is 30.0. The molecule has 2 rings (SSSR count). The van der Waals surface area contributed by atoms with E-state index in [2.05, 4.69) is 23.6 Å². The van der Waals surface area contributed by atoms with E-state index in [-0.39, 0.29) is 17.9 Å². The summed E-state index contributed by atoms with van der Waals surface area (Å²) in [7, 11) is 12.8. The van der Waals surface area contributed by atoms with Gasteiger partial charge in [0.05, 0.1) is 34.3 Å². The molecule has 41 heavy (non-hydrogen) atoms. The van der Waals surface area contributed by atoms with Gasteiger partial charge < -0.3 is 19.5 Å². The SMILES string of the molecule is [B]C([B])(O)CCCN1CCC2(CC1)CCN(C(COC)COC(=O)C(CCCCCCC)CCCCCCC)CC2. The van der Waals surface area contributed by atoms with Gasteiger partial charge >= 0.3 is 5.97 Å². The molecule has 234 valence electrons. The number of carbonyl (C=O) groups excluding carboxylic acids is 1. The van der Waals surface area contributed by atoms with E-state index in [1.807, 2.05) is 0 Å². The molecule has 2 aliphatic rings. The third-order valence-electron chi connectivity index (χ3n) is 9.77. The number of hydrogen-bond donors (Lipinski definition) is 1. The molecule has 2 fully saturated rings. The number of ether oxygens (including phenoxy) is 2. The summed E-state index contributed by atoms with van der Waals surface area (Å²) in [5.41, 5.74) is 0.421. The fraction of sp³-hybridized carbons (Fsp3) is 0.970. The molecule has 0 aromatic heterocycles. The Balaban J connectivity index is 1.79. The Morgan fingerprint density at radius 1 is 0.829 bits per heavy atom. The lowest BCUT2D eigenvalue weighted by Crippen LogP contribution is -2.51. The summed E-state index contributed by atoms with van der Waals surface area (Å²) in [4.78, 5) is 18.3. The molecule has 0 aliphatic carbocycles. The lowest BCUT2D eigenvalue weighted by Gasteiger charge is -2.48. The second-order valence-corrected chi connectivity index (χ2v) is 13.3. The highest BCUT2D eigenvalue weighted by molar-refractivity contribution is 6.38. The van der Waals surface area contributed by atoms with Crippen LogP contribution >= 0.6 is 0 Å². The van der Waals surface area contributed by atoms with Crippen molar-refractivity contribution in [2.75, 3.05) is 53.0 Å². The maximum absolute atomic E-state index is 13.3. The molecule has 1 N–H and O–H groups in total. The number of esters is 1. The first kappa shape index (κ1) is 36.6. The van der Waals surface area contributed by atoms with Crippen molar-refractivity contribution in [1.82, 2.24) is 9.80 Å². The summed E-state index contributed by atoms with van der Waals surface area (Å²) in [5, 5.41) is 8.01. The van der Waals surface area contributed by atoms with Gasteiger partial charge in [-0.05, 0) is 94.9 Å². The van der Waals surface area contributed by atoms with Crippen molar-refractivity contribution in [3.8, 4) is 0 Å². The van der Waals surface area contributed by atoms with Gasteiger partial charge in [-0.3, -0.25) is 9.69 Å². The maximum Gasteiger partial charge on any atom is 0.308 e. The second kappa shape index (κ2) is 20.4. The van der Waals surface area contributed by atoms with Crippen LogP contribution in [-0.4, -0.2) is 101 Å². The van der Waals surface area contributed by atoms with E-state index in [1.54, 1.807) is 7.11 Å². The third kappa shape index (κ3) is 15.1. The van der Waals surface area contributed by atoms with E-state index in [0.717, 1.165) is 64.8 Å².